The van der Waals surface area contributed by atoms with E-state index in [4.69, 9.17) is 4.74 Å². The van der Waals surface area contributed by atoms with Gasteiger partial charge in [-0.1, -0.05) is 12.1 Å². The maximum absolute atomic E-state index is 13.9. The molecule has 1 saturated heterocycles. The predicted octanol–water partition coefficient (Wildman–Crippen LogP) is 4.23. The topological polar surface area (TPSA) is 64.1 Å². The third-order valence-electron chi connectivity index (χ3n) is 5.76. The van der Waals surface area contributed by atoms with E-state index in [2.05, 4.69) is 15.3 Å². The fraction of sp³-hybridized carbons (Fsp3) is 0.409. The summed E-state index contributed by atoms with van der Waals surface area (Å²) in [5.74, 6) is 0.324. The molecule has 0 aliphatic carbocycles. The number of rotatable bonds is 4. The van der Waals surface area contributed by atoms with Gasteiger partial charge in [-0.05, 0) is 56.9 Å². The van der Waals surface area contributed by atoms with Crippen LogP contribution in [0.4, 0.5) is 4.39 Å². The molecule has 0 spiro atoms. The Labute approximate surface area is 173 Å². The van der Waals surface area contributed by atoms with Crippen LogP contribution in [0.25, 0.3) is 10.2 Å². The fourth-order valence-electron chi connectivity index (χ4n) is 4.17. The Morgan fingerprint density at radius 2 is 2.00 bits per heavy atom. The summed E-state index contributed by atoms with van der Waals surface area (Å²) in [6, 6.07) is 6.68. The van der Waals surface area contributed by atoms with Crippen LogP contribution in [0.1, 0.15) is 45.2 Å². The number of aromatic nitrogens is 2. The molecule has 0 atom stereocenters. The van der Waals surface area contributed by atoms with Crippen LogP contribution in [0.3, 0.4) is 0 Å². The largest absolute Gasteiger partial charge is 0.381 e. The molecule has 1 fully saturated rings. The molecule has 4 rings (SSSR count). The zero-order valence-corrected chi connectivity index (χ0v) is 17.7. The summed E-state index contributed by atoms with van der Waals surface area (Å²) in [5.41, 5.74) is 2.38. The number of nitrogens with one attached hydrogen (secondary N) is 1. The molecule has 5 nitrogen and oxygen atoms in total. The predicted molar refractivity (Wildman–Crippen MR) is 112 cm³/mol. The van der Waals surface area contributed by atoms with Crippen LogP contribution in [-0.2, 0) is 10.2 Å². The summed E-state index contributed by atoms with van der Waals surface area (Å²) >= 11 is 1.40. The summed E-state index contributed by atoms with van der Waals surface area (Å²) in [7, 11) is 0. The number of carbonyl (C=O) groups excluding carboxylic acids is 1. The van der Waals surface area contributed by atoms with Crippen molar-refractivity contribution in [3.63, 3.8) is 0 Å². The molecule has 3 heterocycles. The first-order chi connectivity index (χ1) is 13.9. The van der Waals surface area contributed by atoms with Gasteiger partial charge in [0.1, 0.15) is 16.5 Å². The van der Waals surface area contributed by atoms with Gasteiger partial charge < -0.3 is 10.1 Å². The van der Waals surface area contributed by atoms with Gasteiger partial charge >= 0.3 is 0 Å². The van der Waals surface area contributed by atoms with Crippen LogP contribution in [0, 0.1) is 26.6 Å². The normalized spacial score (nSPS) is 16.1. The molecular formula is C22H24FN3O2S. The van der Waals surface area contributed by atoms with Crippen LogP contribution in [-0.4, -0.2) is 35.6 Å². The molecule has 3 aromatic rings. The minimum Gasteiger partial charge on any atom is -0.381 e. The Balaban J connectivity index is 1.61. The lowest BCUT2D eigenvalue weighted by molar-refractivity contribution is 0.0486. The Morgan fingerprint density at radius 3 is 2.72 bits per heavy atom. The number of benzene rings is 1. The minimum atomic E-state index is -0.326. The van der Waals surface area contributed by atoms with E-state index in [1.165, 1.54) is 17.4 Å². The van der Waals surface area contributed by atoms with Gasteiger partial charge in [0.25, 0.3) is 5.91 Å². The monoisotopic (exact) mass is 413 g/mol. The lowest BCUT2D eigenvalue weighted by Gasteiger charge is -2.38. The number of aryl methyl sites for hydroxylation is 3. The van der Waals surface area contributed by atoms with Gasteiger partial charge in [0.15, 0.2) is 0 Å². The lowest BCUT2D eigenvalue weighted by atomic mass is 9.74. The van der Waals surface area contributed by atoms with Gasteiger partial charge in [0, 0.05) is 36.3 Å². The van der Waals surface area contributed by atoms with E-state index >= 15 is 0 Å². The van der Waals surface area contributed by atoms with Crippen LogP contribution >= 0.6 is 11.3 Å². The molecule has 1 amide bonds. The van der Waals surface area contributed by atoms with Crippen molar-refractivity contribution in [3.8, 4) is 0 Å². The van der Waals surface area contributed by atoms with Crippen molar-refractivity contribution in [1.29, 1.82) is 0 Å². The number of hydrogen-bond donors (Lipinski definition) is 1. The standard InChI is InChI=1S/C22H24FN3O2S/c1-13-18-14(2)25-15(3)26-21(18)29-19(13)20(27)24-12-22(7-9-28-10-8-22)16-5-4-6-17(23)11-16/h4-6,11H,7-10,12H2,1-3H3,(H,24,27). The summed E-state index contributed by atoms with van der Waals surface area (Å²) in [6.07, 6.45) is 1.48. The van der Waals surface area contributed by atoms with E-state index in [9.17, 15) is 9.18 Å². The quantitative estimate of drug-likeness (QED) is 0.695. The first-order valence-corrected chi connectivity index (χ1v) is 10.6. The van der Waals surface area contributed by atoms with Crippen LogP contribution in [0.15, 0.2) is 24.3 Å². The maximum Gasteiger partial charge on any atom is 0.261 e. The molecule has 0 saturated carbocycles. The van der Waals surface area contributed by atoms with Gasteiger partial charge in [-0.25, -0.2) is 14.4 Å². The van der Waals surface area contributed by atoms with Crippen LogP contribution < -0.4 is 5.32 Å². The van der Waals surface area contributed by atoms with Crippen molar-refractivity contribution in [3.05, 3.63) is 57.6 Å². The summed E-state index contributed by atoms with van der Waals surface area (Å²) in [5, 5.41) is 4.06. The number of hydrogen-bond acceptors (Lipinski definition) is 5. The van der Waals surface area contributed by atoms with E-state index in [1.807, 2.05) is 26.8 Å². The van der Waals surface area contributed by atoms with Gasteiger partial charge in [-0.3, -0.25) is 4.79 Å². The smallest absolute Gasteiger partial charge is 0.261 e. The highest BCUT2D eigenvalue weighted by atomic mass is 32.1. The van der Waals surface area contributed by atoms with Gasteiger partial charge in [0.2, 0.25) is 0 Å². The van der Waals surface area contributed by atoms with Gasteiger partial charge in [-0.15, -0.1) is 11.3 Å². The molecule has 29 heavy (non-hydrogen) atoms. The molecule has 1 aromatic carbocycles. The van der Waals surface area contributed by atoms with Crippen LogP contribution in [0.5, 0.6) is 0 Å². The third-order valence-corrected chi connectivity index (χ3v) is 6.95. The molecule has 0 bridgehead atoms. The molecule has 0 radical (unpaired) electrons. The average molecular weight is 414 g/mol. The molecule has 0 unspecified atom stereocenters. The van der Waals surface area contributed by atoms with Crippen LogP contribution in [0.2, 0.25) is 0 Å². The number of nitrogens with zero attached hydrogens (tertiary/aromatic N) is 2. The van der Waals surface area contributed by atoms with E-state index in [0.717, 1.165) is 39.9 Å². The van der Waals surface area contributed by atoms with E-state index < -0.39 is 0 Å². The number of amides is 1. The second-order valence-electron chi connectivity index (χ2n) is 7.68. The summed E-state index contributed by atoms with van der Waals surface area (Å²) < 4.78 is 19.4. The van der Waals surface area contributed by atoms with Gasteiger partial charge in [0.05, 0.1) is 4.88 Å². The molecular weight excluding hydrogens is 389 g/mol. The molecule has 152 valence electrons. The van der Waals surface area contributed by atoms with Gasteiger partial charge in [-0.2, -0.15) is 0 Å². The van der Waals surface area contributed by atoms with Crippen molar-refractivity contribution >= 4 is 27.5 Å². The number of ether oxygens (including phenoxy) is 1. The molecule has 1 aliphatic heterocycles. The Hall–Kier alpha value is -2.38. The second-order valence-corrected chi connectivity index (χ2v) is 8.68. The zero-order valence-electron chi connectivity index (χ0n) is 16.8. The lowest BCUT2D eigenvalue weighted by Crippen LogP contribution is -2.44. The number of halogens is 1. The molecule has 2 aromatic heterocycles. The number of carbonyl (C=O) groups is 1. The first-order valence-electron chi connectivity index (χ1n) is 9.76. The number of fused-ring (bicyclic) bond motifs is 1. The van der Waals surface area contributed by atoms with Crippen molar-refractivity contribution in [2.75, 3.05) is 19.8 Å². The highest BCUT2D eigenvalue weighted by Crippen LogP contribution is 2.35. The van der Waals surface area contributed by atoms with Crippen molar-refractivity contribution < 1.29 is 13.9 Å². The van der Waals surface area contributed by atoms with E-state index in [0.29, 0.717) is 30.5 Å². The Kier molecular flexibility index (Phi) is 5.36. The highest BCUT2D eigenvalue weighted by Gasteiger charge is 2.35. The maximum atomic E-state index is 13.9. The van der Waals surface area contributed by atoms with E-state index in [-0.39, 0.29) is 17.1 Å². The summed E-state index contributed by atoms with van der Waals surface area (Å²) in [6.45, 7) is 7.38. The zero-order chi connectivity index (χ0) is 20.6. The first kappa shape index (κ1) is 19.9. The minimum absolute atomic E-state index is 0.121. The third kappa shape index (κ3) is 3.76. The van der Waals surface area contributed by atoms with Crippen molar-refractivity contribution in [1.82, 2.24) is 15.3 Å². The SMILES string of the molecule is Cc1nc(C)c2c(C)c(C(=O)NCC3(c4cccc(F)c4)CCOCC3)sc2n1. The second kappa shape index (κ2) is 7.80. The van der Waals surface area contributed by atoms with Crippen molar-refractivity contribution in [2.24, 2.45) is 0 Å². The average Bonchev–Trinajstić information content (AvgIpc) is 3.03. The van der Waals surface area contributed by atoms with E-state index in [1.54, 1.807) is 12.1 Å². The highest BCUT2D eigenvalue weighted by molar-refractivity contribution is 7.20. The van der Waals surface area contributed by atoms with Crippen molar-refractivity contribution in [2.45, 2.75) is 39.0 Å². The fourth-order valence-corrected chi connectivity index (χ4v) is 5.36. The molecule has 1 aliphatic rings. The Bertz CT molecular complexity index is 1070. The Morgan fingerprint density at radius 1 is 1.24 bits per heavy atom. The number of thiophene rings is 1. The summed E-state index contributed by atoms with van der Waals surface area (Å²) in [4.78, 5) is 23.5. The molecule has 1 N–H and O–H groups in total. The molecule has 7 heteroatoms.